The molecule has 2 nitrogen and oxygen atoms in total. The number of carbonyl (C=O) groups is 1. The number of hydrogen-bond acceptors (Lipinski definition) is 2. The average molecular weight is 148 g/mol. The summed E-state index contributed by atoms with van der Waals surface area (Å²) in [7, 11) is 0. The van der Waals surface area contributed by atoms with Gasteiger partial charge in [-0.3, -0.25) is 4.79 Å². The van der Waals surface area contributed by atoms with Crippen molar-refractivity contribution in [2.24, 2.45) is 0 Å². The number of terminal acetylenes is 1. The van der Waals surface area contributed by atoms with Gasteiger partial charge < -0.3 is 4.42 Å². The summed E-state index contributed by atoms with van der Waals surface area (Å²) in [6, 6.07) is 3.35. The van der Waals surface area contributed by atoms with E-state index < -0.39 is 5.78 Å². The van der Waals surface area contributed by atoms with Crippen molar-refractivity contribution in [3.8, 4) is 12.3 Å². The smallest absolute Gasteiger partial charge is 0.270 e. The summed E-state index contributed by atoms with van der Waals surface area (Å²) >= 11 is 0. The number of aryl methyl sites for hydroxylation is 1. The zero-order valence-electron chi connectivity index (χ0n) is 6.26. The Labute approximate surface area is 65.2 Å². The van der Waals surface area contributed by atoms with Crippen LogP contribution in [-0.4, -0.2) is 5.78 Å². The van der Waals surface area contributed by atoms with E-state index >= 15 is 0 Å². The SMILES string of the molecule is C#CC(=O)c1ccc(CC)o1. The summed E-state index contributed by atoms with van der Waals surface area (Å²) in [4.78, 5) is 10.8. The molecule has 0 amide bonds. The molecule has 2 heteroatoms. The molecule has 1 heterocycles. The molecule has 1 aromatic rings. The van der Waals surface area contributed by atoms with Gasteiger partial charge in [0.1, 0.15) is 5.76 Å². The van der Waals surface area contributed by atoms with Gasteiger partial charge in [0.15, 0.2) is 5.76 Å². The first kappa shape index (κ1) is 7.62. The Bertz CT molecular complexity index is 302. The van der Waals surface area contributed by atoms with E-state index in [4.69, 9.17) is 10.8 Å². The molecule has 56 valence electrons. The lowest BCUT2D eigenvalue weighted by Gasteiger charge is -1.86. The quantitative estimate of drug-likeness (QED) is 0.362. The molecule has 0 radical (unpaired) electrons. The molecule has 0 atom stereocenters. The van der Waals surface area contributed by atoms with Crippen LogP contribution >= 0.6 is 0 Å². The van der Waals surface area contributed by atoms with Crippen LogP contribution in [0.3, 0.4) is 0 Å². The minimum Gasteiger partial charge on any atom is -0.457 e. The van der Waals surface area contributed by atoms with Gasteiger partial charge in [0, 0.05) is 6.42 Å². The monoisotopic (exact) mass is 148 g/mol. The maximum Gasteiger partial charge on any atom is 0.270 e. The lowest BCUT2D eigenvalue weighted by Crippen LogP contribution is -1.89. The van der Waals surface area contributed by atoms with Gasteiger partial charge in [-0.1, -0.05) is 6.92 Å². The second kappa shape index (κ2) is 3.07. The summed E-state index contributed by atoms with van der Waals surface area (Å²) in [5.41, 5.74) is 0. The number of rotatable bonds is 2. The van der Waals surface area contributed by atoms with Gasteiger partial charge in [-0.05, 0) is 18.1 Å². The first-order valence-corrected chi connectivity index (χ1v) is 3.37. The molecule has 0 saturated heterocycles. The standard InChI is InChI=1S/C9H8O2/c1-3-7-5-6-9(11-7)8(10)4-2/h2,5-6H,3H2,1H3. The topological polar surface area (TPSA) is 30.2 Å². The molecule has 0 unspecified atom stereocenters. The van der Waals surface area contributed by atoms with Crippen LogP contribution in [0, 0.1) is 12.3 Å². The zero-order valence-corrected chi connectivity index (χ0v) is 6.26. The number of furan rings is 1. The third-order valence-corrected chi connectivity index (χ3v) is 1.36. The molecule has 11 heavy (non-hydrogen) atoms. The first-order chi connectivity index (χ1) is 5.27. The van der Waals surface area contributed by atoms with E-state index in [1.807, 2.05) is 12.8 Å². The largest absolute Gasteiger partial charge is 0.457 e. The van der Waals surface area contributed by atoms with Crippen molar-refractivity contribution in [1.29, 1.82) is 0 Å². The maximum absolute atomic E-state index is 10.8. The first-order valence-electron chi connectivity index (χ1n) is 3.37. The molecule has 0 fully saturated rings. The Kier molecular flexibility index (Phi) is 2.12. The Balaban J connectivity index is 2.91. The molecule has 0 aromatic carbocycles. The highest BCUT2D eigenvalue weighted by molar-refractivity contribution is 6.06. The predicted octanol–water partition coefficient (Wildman–Crippen LogP) is 1.66. The molecule has 0 N–H and O–H groups in total. The summed E-state index contributed by atoms with van der Waals surface area (Å²) in [6.45, 7) is 1.95. The fourth-order valence-electron chi connectivity index (χ4n) is 0.761. The lowest BCUT2D eigenvalue weighted by atomic mass is 10.3. The lowest BCUT2D eigenvalue weighted by molar-refractivity contribution is 0.103. The molecule has 1 aromatic heterocycles. The third-order valence-electron chi connectivity index (χ3n) is 1.36. The molecule has 0 spiro atoms. The highest BCUT2D eigenvalue weighted by atomic mass is 16.3. The number of hydrogen-bond donors (Lipinski definition) is 0. The number of carbonyl (C=O) groups excluding carboxylic acids is 1. The van der Waals surface area contributed by atoms with Crippen molar-refractivity contribution in [2.45, 2.75) is 13.3 Å². The summed E-state index contributed by atoms with van der Waals surface area (Å²) in [5.74, 6) is 2.62. The van der Waals surface area contributed by atoms with E-state index in [-0.39, 0.29) is 5.76 Å². The number of ketones is 1. The van der Waals surface area contributed by atoms with Crippen molar-refractivity contribution in [1.82, 2.24) is 0 Å². The summed E-state index contributed by atoms with van der Waals surface area (Å²) in [5, 5.41) is 0. The highest BCUT2D eigenvalue weighted by Crippen LogP contribution is 2.08. The van der Waals surface area contributed by atoms with Crippen LogP contribution in [0.2, 0.25) is 0 Å². The van der Waals surface area contributed by atoms with Crippen molar-refractivity contribution < 1.29 is 9.21 Å². The predicted molar refractivity (Wildman–Crippen MR) is 41.2 cm³/mol. The summed E-state index contributed by atoms with van der Waals surface area (Å²) < 4.78 is 5.09. The van der Waals surface area contributed by atoms with Crippen molar-refractivity contribution >= 4 is 5.78 Å². The fraction of sp³-hybridized carbons (Fsp3) is 0.222. The molecular formula is C9H8O2. The molecule has 0 aliphatic rings. The van der Waals surface area contributed by atoms with Gasteiger partial charge in [0.05, 0.1) is 0 Å². The molecule has 0 bridgehead atoms. The van der Waals surface area contributed by atoms with Gasteiger partial charge >= 0.3 is 0 Å². The van der Waals surface area contributed by atoms with Crippen molar-refractivity contribution in [3.63, 3.8) is 0 Å². The van der Waals surface area contributed by atoms with Crippen molar-refractivity contribution in [3.05, 3.63) is 23.7 Å². The number of Topliss-reactive ketones (excluding diaryl/α,β-unsaturated/α-hetero) is 1. The molecule has 0 aliphatic heterocycles. The van der Waals surface area contributed by atoms with E-state index in [0.29, 0.717) is 0 Å². The van der Waals surface area contributed by atoms with Crippen LogP contribution < -0.4 is 0 Å². The fourth-order valence-corrected chi connectivity index (χ4v) is 0.761. The van der Waals surface area contributed by atoms with E-state index in [9.17, 15) is 4.79 Å². The molecule has 0 aliphatic carbocycles. The van der Waals surface area contributed by atoms with Gasteiger partial charge in [0.25, 0.3) is 5.78 Å². The second-order valence-electron chi connectivity index (χ2n) is 2.09. The molecule has 0 saturated carbocycles. The minimum absolute atomic E-state index is 0.254. The van der Waals surface area contributed by atoms with Crippen molar-refractivity contribution in [2.75, 3.05) is 0 Å². The Morgan fingerprint density at radius 1 is 1.73 bits per heavy atom. The van der Waals surface area contributed by atoms with Crippen LogP contribution in [0.1, 0.15) is 23.2 Å². The zero-order chi connectivity index (χ0) is 8.27. The summed E-state index contributed by atoms with van der Waals surface area (Å²) in [6.07, 6.45) is 5.67. The average Bonchev–Trinajstić information content (AvgIpc) is 2.50. The van der Waals surface area contributed by atoms with Gasteiger partial charge in [-0.15, -0.1) is 6.42 Å². The Morgan fingerprint density at radius 2 is 2.45 bits per heavy atom. The van der Waals surface area contributed by atoms with Gasteiger partial charge in [0.2, 0.25) is 0 Å². The van der Waals surface area contributed by atoms with E-state index in [2.05, 4.69) is 0 Å². The third kappa shape index (κ3) is 1.50. The molecule has 1 rings (SSSR count). The maximum atomic E-state index is 10.8. The second-order valence-corrected chi connectivity index (χ2v) is 2.09. The normalized spacial score (nSPS) is 9.09. The van der Waals surface area contributed by atoms with E-state index in [1.165, 1.54) is 0 Å². The van der Waals surface area contributed by atoms with Crippen LogP contribution in [0.15, 0.2) is 16.5 Å². The molecular weight excluding hydrogens is 140 g/mol. The minimum atomic E-state index is -0.398. The van der Waals surface area contributed by atoms with E-state index in [0.717, 1.165) is 12.2 Å². The van der Waals surface area contributed by atoms with Crippen LogP contribution in [0.5, 0.6) is 0 Å². The van der Waals surface area contributed by atoms with Crippen LogP contribution in [0.4, 0.5) is 0 Å². The highest BCUT2D eigenvalue weighted by Gasteiger charge is 2.06. The van der Waals surface area contributed by atoms with Gasteiger partial charge in [-0.2, -0.15) is 0 Å². The van der Waals surface area contributed by atoms with Crippen LogP contribution in [-0.2, 0) is 6.42 Å². The van der Waals surface area contributed by atoms with Crippen LogP contribution in [0.25, 0.3) is 0 Å². The van der Waals surface area contributed by atoms with E-state index in [1.54, 1.807) is 12.1 Å². The Morgan fingerprint density at radius 3 is 2.91 bits per heavy atom. The Hall–Kier alpha value is -1.49. The van der Waals surface area contributed by atoms with Gasteiger partial charge in [-0.25, -0.2) is 0 Å².